The predicted molar refractivity (Wildman–Crippen MR) is 89.5 cm³/mol. The van der Waals surface area contributed by atoms with Crippen LogP contribution < -0.4 is 10.6 Å². The lowest BCUT2D eigenvalue weighted by Gasteiger charge is -2.12. The summed E-state index contributed by atoms with van der Waals surface area (Å²) >= 11 is 6.08. The number of aryl methyl sites for hydroxylation is 2. The Morgan fingerprint density at radius 3 is 2.57 bits per heavy atom. The van der Waals surface area contributed by atoms with E-state index in [4.69, 9.17) is 11.6 Å². The van der Waals surface area contributed by atoms with E-state index in [1.54, 1.807) is 6.07 Å². The van der Waals surface area contributed by atoms with Gasteiger partial charge in [-0.1, -0.05) is 23.7 Å². The number of anilines is 2. The third kappa shape index (κ3) is 3.76. The summed E-state index contributed by atoms with van der Waals surface area (Å²) in [5.74, 6) is -0.147. The van der Waals surface area contributed by atoms with Crippen LogP contribution in [0.25, 0.3) is 0 Å². The number of benzene rings is 2. The van der Waals surface area contributed by atoms with Gasteiger partial charge in [0.25, 0.3) is 5.91 Å². The van der Waals surface area contributed by atoms with E-state index in [9.17, 15) is 4.79 Å². The van der Waals surface area contributed by atoms with Crippen molar-refractivity contribution in [3.63, 3.8) is 0 Å². The lowest BCUT2D eigenvalue weighted by atomic mass is 10.1. The van der Waals surface area contributed by atoms with Crippen LogP contribution in [0.1, 0.15) is 28.4 Å². The van der Waals surface area contributed by atoms with E-state index >= 15 is 0 Å². The molecular formula is C17H19ClN2O. The maximum Gasteiger partial charge on any atom is 0.257 e. The molecular weight excluding hydrogens is 284 g/mol. The molecule has 0 radical (unpaired) electrons. The van der Waals surface area contributed by atoms with Crippen LogP contribution in [-0.2, 0) is 0 Å². The Morgan fingerprint density at radius 1 is 1.14 bits per heavy atom. The number of hydrogen-bond donors (Lipinski definition) is 2. The lowest BCUT2D eigenvalue weighted by molar-refractivity contribution is 0.102. The van der Waals surface area contributed by atoms with Crippen LogP contribution in [0, 0.1) is 13.8 Å². The molecule has 0 fully saturated rings. The zero-order valence-electron chi connectivity index (χ0n) is 12.5. The second kappa shape index (κ2) is 6.64. The van der Waals surface area contributed by atoms with E-state index in [2.05, 4.69) is 10.6 Å². The number of hydrogen-bond acceptors (Lipinski definition) is 2. The van der Waals surface area contributed by atoms with Crippen LogP contribution in [0.2, 0.25) is 5.02 Å². The summed E-state index contributed by atoms with van der Waals surface area (Å²) in [4.78, 5) is 12.4. The number of nitrogens with one attached hydrogen (secondary N) is 2. The minimum absolute atomic E-state index is 0.147. The van der Waals surface area contributed by atoms with E-state index in [0.29, 0.717) is 16.3 Å². The summed E-state index contributed by atoms with van der Waals surface area (Å²) in [5.41, 5.74) is 4.25. The highest BCUT2D eigenvalue weighted by Gasteiger charge is 2.12. The molecule has 0 aromatic heterocycles. The molecule has 0 aliphatic heterocycles. The molecule has 3 nitrogen and oxygen atoms in total. The third-order valence-electron chi connectivity index (χ3n) is 3.22. The number of amides is 1. The fraction of sp³-hybridized carbons (Fsp3) is 0.235. The largest absolute Gasteiger partial charge is 0.385 e. The summed E-state index contributed by atoms with van der Waals surface area (Å²) in [6, 6.07) is 11.2. The summed E-state index contributed by atoms with van der Waals surface area (Å²) in [7, 11) is 0. The van der Waals surface area contributed by atoms with Crippen LogP contribution in [0.4, 0.5) is 11.4 Å². The molecule has 2 aromatic rings. The van der Waals surface area contributed by atoms with Crippen molar-refractivity contribution in [3.05, 3.63) is 58.1 Å². The van der Waals surface area contributed by atoms with Crippen LogP contribution in [-0.4, -0.2) is 12.5 Å². The molecule has 0 saturated heterocycles. The van der Waals surface area contributed by atoms with E-state index in [-0.39, 0.29) is 5.91 Å². The predicted octanol–water partition coefficient (Wildman–Crippen LogP) is 4.64. The minimum atomic E-state index is -0.147. The fourth-order valence-corrected chi connectivity index (χ4v) is 2.24. The molecule has 4 heteroatoms. The van der Waals surface area contributed by atoms with Gasteiger partial charge in [0.15, 0.2) is 0 Å². The molecule has 2 rings (SSSR count). The number of carbonyl (C=O) groups is 1. The monoisotopic (exact) mass is 302 g/mol. The second-order valence-electron chi connectivity index (χ2n) is 5.00. The highest BCUT2D eigenvalue weighted by Crippen LogP contribution is 2.22. The zero-order valence-corrected chi connectivity index (χ0v) is 13.2. The first kappa shape index (κ1) is 15.4. The van der Waals surface area contributed by atoms with Gasteiger partial charge in [-0.3, -0.25) is 4.79 Å². The van der Waals surface area contributed by atoms with Crippen molar-refractivity contribution < 1.29 is 4.79 Å². The molecule has 0 heterocycles. The molecule has 0 atom stereocenters. The smallest absolute Gasteiger partial charge is 0.257 e. The average Bonchev–Trinajstić information content (AvgIpc) is 2.43. The third-order valence-corrected chi connectivity index (χ3v) is 3.62. The maximum atomic E-state index is 12.4. The van der Waals surface area contributed by atoms with Crippen molar-refractivity contribution in [2.75, 3.05) is 17.2 Å². The maximum absolute atomic E-state index is 12.4. The summed E-state index contributed by atoms with van der Waals surface area (Å²) in [6.07, 6.45) is 0. The quantitative estimate of drug-likeness (QED) is 0.863. The first-order valence-corrected chi connectivity index (χ1v) is 7.31. The summed E-state index contributed by atoms with van der Waals surface area (Å²) < 4.78 is 0. The molecule has 0 unspecified atom stereocenters. The molecule has 0 spiro atoms. The van der Waals surface area contributed by atoms with Crippen molar-refractivity contribution in [2.24, 2.45) is 0 Å². The van der Waals surface area contributed by atoms with Crippen molar-refractivity contribution in [1.82, 2.24) is 0 Å². The summed E-state index contributed by atoms with van der Waals surface area (Å²) in [6.45, 7) is 6.70. The number of halogens is 1. The van der Waals surface area contributed by atoms with E-state index in [0.717, 1.165) is 23.4 Å². The lowest BCUT2D eigenvalue weighted by Crippen LogP contribution is -2.15. The van der Waals surface area contributed by atoms with Crippen molar-refractivity contribution in [3.8, 4) is 0 Å². The molecule has 0 bridgehead atoms. The van der Waals surface area contributed by atoms with Gasteiger partial charge in [0.2, 0.25) is 0 Å². The van der Waals surface area contributed by atoms with Crippen LogP contribution in [0.15, 0.2) is 36.4 Å². The first-order valence-electron chi connectivity index (χ1n) is 6.93. The van der Waals surface area contributed by atoms with E-state index in [1.807, 2.05) is 51.1 Å². The number of rotatable bonds is 4. The Kier molecular flexibility index (Phi) is 4.86. The molecule has 21 heavy (non-hydrogen) atoms. The standard InChI is InChI=1S/C17H19ClN2O/c1-4-19-16-9-11(2)5-8-14(16)17(21)20-13-7-6-12(3)15(18)10-13/h5-10,19H,4H2,1-3H3,(H,20,21). The van der Waals surface area contributed by atoms with Crippen molar-refractivity contribution in [2.45, 2.75) is 20.8 Å². The SMILES string of the molecule is CCNc1cc(C)ccc1C(=O)Nc1ccc(C)c(Cl)c1. The van der Waals surface area contributed by atoms with Gasteiger partial charge >= 0.3 is 0 Å². The van der Waals surface area contributed by atoms with Gasteiger partial charge in [-0.2, -0.15) is 0 Å². The Morgan fingerprint density at radius 2 is 1.90 bits per heavy atom. The van der Waals surface area contributed by atoms with Crippen LogP contribution >= 0.6 is 11.6 Å². The van der Waals surface area contributed by atoms with E-state index < -0.39 is 0 Å². The van der Waals surface area contributed by atoms with E-state index in [1.165, 1.54) is 0 Å². The molecule has 0 saturated carbocycles. The zero-order chi connectivity index (χ0) is 15.4. The second-order valence-corrected chi connectivity index (χ2v) is 5.40. The van der Waals surface area contributed by atoms with Gasteiger partial charge in [-0.25, -0.2) is 0 Å². The van der Waals surface area contributed by atoms with Gasteiger partial charge in [0.05, 0.1) is 5.56 Å². The van der Waals surface area contributed by atoms with Gasteiger partial charge < -0.3 is 10.6 Å². The molecule has 0 aliphatic rings. The molecule has 0 aliphatic carbocycles. The molecule has 2 N–H and O–H groups in total. The van der Waals surface area contributed by atoms with Gasteiger partial charge in [0, 0.05) is 22.9 Å². The topological polar surface area (TPSA) is 41.1 Å². The molecule has 1 amide bonds. The first-order chi connectivity index (χ1) is 10.0. The fourth-order valence-electron chi connectivity index (χ4n) is 2.06. The van der Waals surface area contributed by atoms with Gasteiger partial charge in [-0.15, -0.1) is 0 Å². The molecule has 2 aromatic carbocycles. The number of carbonyl (C=O) groups excluding carboxylic acids is 1. The Labute approximate surface area is 130 Å². The average molecular weight is 303 g/mol. The van der Waals surface area contributed by atoms with Gasteiger partial charge in [0.1, 0.15) is 0 Å². The van der Waals surface area contributed by atoms with Crippen LogP contribution in [0.3, 0.4) is 0 Å². The van der Waals surface area contributed by atoms with Crippen molar-refractivity contribution >= 4 is 28.9 Å². The van der Waals surface area contributed by atoms with Crippen LogP contribution in [0.5, 0.6) is 0 Å². The Hall–Kier alpha value is -2.00. The highest BCUT2D eigenvalue weighted by atomic mass is 35.5. The van der Waals surface area contributed by atoms with Crippen molar-refractivity contribution in [1.29, 1.82) is 0 Å². The summed E-state index contributed by atoms with van der Waals surface area (Å²) in [5, 5.41) is 6.74. The minimum Gasteiger partial charge on any atom is -0.385 e. The Balaban J connectivity index is 2.25. The van der Waals surface area contributed by atoms with Gasteiger partial charge in [-0.05, 0) is 56.2 Å². The normalized spacial score (nSPS) is 10.3. The molecule has 110 valence electrons. The Bertz CT molecular complexity index is 668. The highest BCUT2D eigenvalue weighted by molar-refractivity contribution is 6.31.